The summed E-state index contributed by atoms with van der Waals surface area (Å²) in [4.78, 5) is 24.2. The first-order chi connectivity index (χ1) is 14.5. The van der Waals surface area contributed by atoms with E-state index in [1.165, 1.54) is 36.3 Å². The number of amides is 2. The van der Waals surface area contributed by atoms with Crippen molar-refractivity contribution in [1.29, 1.82) is 0 Å². The van der Waals surface area contributed by atoms with Gasteiger partial charge in [0.15, 0.2) is 4.34 Å². The molecule has 0 saturated heterocycles. The van der Waals surface area contributed by atoms with Gasteiger partial charge in [0.05, 0.1) is 18.6 Å². The highest BCUT2D eigenvalue weighted by Gasteiger charge is 2.12. The molecule has 7 nitrogen and oxygen atoms in total. The van der Waals surface area contributed by atoms with Gasteiger partial charge >= 0.3 is 0 Å². The average Bonchev–Trinajstić information content (AvgIpc) is 3.19. The van der Waals surface area contributed by atoms with E-state index in [0.717, 1.165) is 5.56 Å². The summed E-state index contributed by atoms with van der Waals surface area (Å²) >= 11 is 8.37. The quantitative estimate of drug-likeness (QED) is 0.290. The molecule has 0 spiro atoms. The van der Waals surface area contributed by atoms with Gasteiger partial charge in [-0.25, -0.2) is 0 Å². The summed E-state index contributed by atoms with van der Waals surface area (Å²) < 4.78 is 5.77. The van der Waals surface area contributed by atoms with Gasteiger partial charge in [-0.15, -0.1) is 10.2 Å². The smallest absolute Gasteiger partial charge is 0.250 e. The maximum atomic E-state index is 12.2. The Labute approximate surface area is 186 Å². The fourth-order valence-corrected chi connectivity index (χ4v) is 4.02. The van der Waals surface area contributed by atoms with Crippen LogP contribution in [-0.2, 0) is 9.59 Å². The standard InChI is InChI=1S/C20H17ClN4O3S2/c1-28-16-9-8-14(21)11-15(16)22-18(27)12-29-20-25-24-19(30-20)23-17(26)10-7-13-5-3-2-4-6-13/h2-11H,12H2,1H3,(H,22,27)(H,23,24,26). The van der Waals surface area contributed by atoms with Crippen LogP contribution in [0.1, 0.15) is 5.56 Å². The number of thioether (sulfide) groups is 1. The number of hydrogen-bond acceptors (Lipinski definition) is 7. The minimum atomic E-state index is -0.308. The second kappa shape index (κ2) is 10.8. The molecule has 0 aliphatic carbocycles. The normalized spacial score (nSPS) is 10.7. The summed E-state index contributed by atoms with van der Waals surface area (Å²) in [7, 11) is 1.51. The maximum absolute atomic E-state index is 12.2. The summed E-state index contributed by atoms with van der Waals surface area (Å²) in [5.41, 5.74) is 1.41. The number of methoxy groups -OCH3 is 1. The van der Waals surface area contributed by atoms with Crippen molar-refractivity contribution in [2.75, 3.05) is 23.5 Å². The van der Waals surface area contributed by atoms with Crippen molar-refractivity contribution in [2.45, 2.75) is 4.34 Å². The van der Waals surface area contributed by atoms with Gasteiger partial charge in [-0.3, -0.25) is 14.9 Å². The third kappa shape index (κ3) is 6.58. The third-order valence-corrected chi connectivity index (χ3v) is 5.83. The summed E-state index contributed by atoms with van der Waals surface area (Å²) in [6.07, 6.45) is 3.13. The Morgan fingerprint density at radius 1 is 1.17 bits per heavy atom. The Kier molecular flexibility index (Phi) is 7.83. The van der Waals surface area contributed by atoms with Gasteiger partial charge in [-0.05, 0) is 29.8 Å². The van der Waals surface area contributed by atoms with E-state index in [4.69, 9.17) is 16.3 Å². The minimum Gasteiger partial charge on any atom is -0.495 e. The van der Waals surface area contributed by atoms with Crippen molar-refractivity contribution in [3.05, 3.63) is 65.2 Å². The number of ether oxygens (including phenoxy) is 1. The molecule has 0 aliphatic heterocycles. The molecule has 2 N–H and O–H groups in total. The van der Waals surface area contributed by atoms with Crippen molar-refractivity contribution in [3.8, 4) is 5.75 Å². The van der Waals surface area contributed by atoms with Crippen LogP contribution < -0.4 is 15.4 Å². The van der Waals surface area contributed by atoms with Crippen LogP contribution in [0.25, 0.3) is 6.08 Å². The van der Waals surface area contributed by atoms with Gasteiger partial charge in [0, 0.05) is 11.1 Å². The lowest BCUT2D eigenvalue weighted by molar-refractivity contribution is -0.114. The number of halogens is 1. The van der Waals surface area contributed by atoms with Crippen LogP contribution in [0.3, 0.4) is 0 Å². The Morgan fingerprint density at radius 3 is 2.73 bits per heavy atom. The molecule has 154 valence electrons. The van der Waals surface area contributed by atoms with E-state index in [1.54, 1.807) is 24.3 Å². The van der Waals surface area contributed by atoms with E-state index in [0.29, 0.717) is 25.9 Å². The lowest BCUT2D eigenvalue weighted by Gasteiger charge is -2.09. The lowest BCUT2D eigenvalue weighted by atomic mass is 10.2. The predicted octanol–water partition coefficient (Wildman–Crippen LogP) is 4.58. The van der Waals surface area contributed by atoms with Crippen LogP contribution >= 0.6 is 34.7 Å². The number of benzene rings is 2. The van der Waals surface area contributed by atoms with Crippen LogP contribution in [0, 0.1) is 0 Å². The van der Waals surface area contributed by atoms with Crippen LogP contribution in [0.15, 0.2) is 58.9 Å². The maximum Gasteiger partial charge on any atom is 0.250 e. The molecular weight excluding hydrogens is 444 g/mol. The number of carbonyl (C=O) groups is 2. The summed E-state index contributed by atoms with van der Waals surface area (Å²) in [5.74, 6) is 0.0818. The van der Waals surface area contributed by atoms with Gasteiger partial charge in [0.1, 0.15) is 5.75 Å². The Bertz CT molecular complexity index is 1060. The van der Waals surface area contributed by atoms with Crippen molar-refractivity contribution in [1.82, 2.24) is 10.2 Å². The van der Waals surface area contributed by atoms with Crippen molar-refractivity contribution >= 4 is 63.4 Å². The number of anilines is 2. The molecule has 0 fully saturated rings. The third-order valence-electron chi connectivity index (χ3n) is 3.63. The Balaban J connectivity index is 1.49. The van der Waals surface area contributed by atoms with E-state index >= 15 is 0 Å². The first-order valence-electron chi connectivity index (χ1n) is 8.67. The second-order valence-electron chi connectivity index (χ2n) is 5.79. The van der Waals surface area contributed by atoms with Crippen LogP contribution in [-0.4, -0.2) is 34.9 Å². The van der Waals surface area contributed by atoms with E-state index in [9.17, 15) is 9.59 Å². The zero-order chi connectivity index (χ0) is 21.3. The number of nitrogens with one attached hydrogen (secondary N) is 2. The Morgan fingerprint density at radius 2 is 1.97 bits per heavy atom. The zero-order valence-electron chi connectivity index (χ0n) is 15.8. The topological polar surface area (TPSA) is 93.2 Å². The minimum absolute atomic E-state index is 0.117. The molecule has 2 amide bonds. The van der Waals surface area contributed by atoms with Gasteiger partial charge in [0.25, 0.3) is 0 Å². The molecule has 1 heterocycles. The van der Waals surface area contributed by atoms with Gasteiger partial charge < -0.3 is 10.1 Å². The zero-order valence-corrected chi connectivity index (χ0v) is 18.2. The van der Waals surface area contributed by atoms with E-state index < -0.39 is 0 Å². The predicted molar refractivity (Wildman–Crippen MR) is 121 cm³/mol. The van der Waals surface area contributed by atoms with Crippen molar-refractivity contribution in [2.24, 2.45) is 0 Å². The van der Waals surface area contributed by atoms with Crippen LogP contribution in [0.5, 0.6) is 5.75 Å². The summed E-state index contributed by atoms with van der Waals surface area (Å²) in [5, 5.41) is 14.2. The highest BCUT2D eigenvalue weighted by atomic mass is 35.5. The Hall–Kier alpha value is -2.88. The van der Waals surface area contributed by atoms with E-state index in [1.807, 2.05) is 30.3 Å². The largest absolute Gasteiger partial charge is 0.495 e. The van der Waals surface area contributed by atoms with Gasteiger partial charge in [-0.1, -0.05) is 65.0 Å². The highest BCUT2D eigenvalue weighted by molar-refractivity contribution is 8.01. The van der Waals surface area contributed by atoms with Crippen LogP contribution in [0.4, 0.5) is 10.8 Å². The van der Waals surface area contributed by atoms with Crippen molar-refractivity contribution in [3.63, 3.8) is 0 Å². The molecule has 0 bridgehead atoms. The second-order valence-corrected chi connectivity index (χ2v) is 8.42. The number of hydrogen-bond donors (Lipinski definition) is 2. The molecule has 0 radical (unpaired) electrons. The van der Waals surface area contributed by atoms with E-state index in [-0.39, 0.29) is 17.6 Å². The summed E-state index contributed by atoms with van der Waals surface area (Å²) in [6, 6.07) is 14.5. The molecule has 0 atom stereocenters. The molecule has 30 heavy (non-hydrogen) atoms. The molecule has 1 aromatic heterocycles. The lowest BCUT2D eigenvalue weighted by Crippen LogP contribution is -2.14. The number of rotatable bonds is 8. The first kappa shape index (κ1) is 21.8. The highest BCUT2D eigenvalue weighted by Crippen LogP contribution is 2.29. The number of nitrogens with zero attached hydrogens (tertiary/aromatic N) is 2. The molecule has 10 heteroatoms. The van der Waals surface area contributed by atoms with Crippen molar-refractivity contribution < 1.29 is 14.3 Å². The molecule has 2 aromatic carbocycles. The monoisotopic (exact) mass is 460 g/mol. The molecule has 3 aromatic rings. The molecule has 0 unspecified atom stereocenters. The first-order valence-corrected chi connectivity index (χ1v) is 10.9. The average molecular weight is 461 g/mol. The SMILES string of the molecule is COc1ccc(Cl)cc1NC(=O)CSc1nnc(NC(=O)C=Cc2ccccc2)s1. The van der Waals surface area contributed by atoms with Crippen LogP contribution in [0.2, 0.25) is 5.02 Å². The molecule has 0 aliphatic rings. The number of carbonyl (C=O) groups excluding carboxylic acids is 2. The van der Waals surface area contributed by atoms with Gasteiger partial charge in [-0.2, -0.15) is 0 Å². The fourth-order valence-electron chi connectivity index (χ4n) is 2.29. The molecule has 0 saturated carbocycles. The summed E-state index contributed by atoms with van der Waals surface area (Å²) in [6.45, 7) is 0. The fraction of sp³-hybridized carbons (Fsp3) is 0.100. The van der Waals surface area contributed by atoms with Gasteiger partial charge in [0.2, 0.25) is 16.9 Å². The molecular formula is C20H17ClN4O3S2. The number of aromatic nitrogens is 2. The van der Waals surface area contributed by atoms with E-state index in [2.05, 4.69) is 20.8 Å². The molecule has 3 rings (SSSR count).